The van der Waals surface area contributed by atoms with Crippen LogP contribution in [-0.4, -0.2) is 60.3 Å². The lowest BCUT2D eigenvalue weighted by Crippen LogP contribution is -2.50. The number of likely N-dealkylation sites (tertiary alicyclic amines) is 1. The number of carbonyl (C=O) groups excluding carboxylic acids is 2. The average molecular weight is 495 g/mol. The molecule has 1 saturated carbocycles. The van der Waals surface area contributed by atoms with Gasteiger partial charge < -0.3 is 24.8 Å². The van der Waals surface area contributed by atoms with Gasteiger partial charge in [0.05, 0.1) is 13.0 Å². The highest BCUT2D eigenvalue weighted by atomic mass is 16.6. The average Bonchev–Trinajstić information content (AvgIpc) is 3.42. The fourth-order valence-electron chi connectivity index (χ4n) is 4.92. The standard InChI is InChI=1S/C28H34N2O6/c1-35-23-14-12-21(13-15-23)20-10-8-19(9-11-20)17-25(27(32)33)29-26(31)22-5-4-16-30(18-22)28(34)36-24-6-2-3-7-24/h8-15,22,24-25H,2-7,16-18H2,1H3,(H,29,31)(H,32,33)/t22?,25-/m0/s1. The minimum atomic E-state index is -1.09. The number of nitrogens with one attached hydrogen (secondary N) is 1. The molecule has 0 aromatic heterocycles. The van der Waals surface area contributed by atoms with Crippen molar-refractivity contribution < 1.29 is 29.0 Å². The van der Waals surface area contributed by atoms with E-state index in [1.165, 1.54) is 0 Å². The van der Waals surface area contributed by atoms with Crippen molar-refractivity contribution in [3.8, 4) is 16.9 Å². The van der Waals surface area contributed by atoms with Crippen LogP contribution in [0.15, 0.2) is 48.5 Å². The topological polar surface area (TPSA) is 105 Å². The lowest BCUT2D eigenvalue weighted by molar-refractivity contribution is -0.142. The fourth-order valence-corrected chi connectivity index (χ4v) is 4.92. The van der Waals surface area contributed by atoms with Crippen LogP contribution in [-0.2, 0) is 20.7 Å². The summed E-state index contributed by atoms with van der Waals surface area (Å²) in [6.07, 6.45) is 5.00. The van der Waals surface area contributed by atoms with Crippen molar-refractivity contribution in [2.45, 2.75) is 57.1 Å². The van der Waals surface area contributed by atoms with Gasteiger partial charge in [-0.2, -0.15) is 0 Å². The lowest BCUT2D eigenvalue weighted by Gasteiger charge is -2.32. The van der Waals surface area contributed by atoms with E-state index in [-0.39, 0.29) is 31.1 Å². The quantitative estimate of drug-likeness (QED) is 0.568. The van der Waals surface area contributed by atoms with Crippen LogP contribution >= 0.6 is 0 Å². The van der Waals surface area contributed by atoms with Crippen LogP contribution in [0.1, 0.15) is 44.1 Å². The molecular weight excluding hydrogens is 460 g/mol. The van der Waals surface area contributed by atoms with Crippen molar-refractivity contribution in [2.24, 2.45) is 5.92 Å². The second kappa shape index (κ2) is 11.9. The van der Waals surface area contributed by atoms with E-state index in [1.54, 1.807) is 12.0 Å². The minimum absolute atomic E-state index is 0.0285. The third-order valence-electron chi connectivity index (χ3n) is 7.05. The number of hydrogen-bond donors (Lipinski definition) is 2. The number of piperidine rings is 1. The number of ether oxygens (including phenoxy) is 2. The summed E-state index contributed by atoms with van der Waals surface area (Å²) < 4.78 is 10.8. The smallest absolute Gasteiger partial charge is 0.410 e. The maximum atomic E-state index is 12.9. The third kappa shape index (κ3) is 6.56. The highest BCUT2D eigenvalue weighted by Crippen LogP contribution is 2.25. The molecule has 2 aromatic rings. The van der Waals surface area contributed by atoms with Gasteiger partial charge in [-0.15, -0.1) is 0 Å². The Labute approximate surface area is 211 Å². The molecule has 1 aliphatic heterocycles. The number of carbonyl (C=O) groups is 3. The molecule has 2 aromatic carbocycles. The van der Waals surface area contributed by atoms with E-state index in [0.29, 0.717) is 19.4 Å². The van der Waals surface area contributed by atoms with Gasteiger partial charge in [0.15, 0.2) is 0 Å². The van der Waals surface area contributed by atoms with Crippen molar-refractivity contribution >= 4 is 18.0 Å². The maximum Gasteiger partial charge on any atom is 0.410 e. The van der Waals surface area contributed by atoms with E-state index in [1.807, 2.05) is 48.5 Å². The summed E-state index contributed by atoms with van der Waals surface area (Å²) in [5, 5.41) is 12.4. The Morgan fingerprint density at radius 2 is 1.61 bits per heavy atom. The third-order valence-corrected chi connectivity index (χ3v) is 7.05. The second-order valence-electron chi connectivity index (χ2n) is 9.60. The van der Waals surface area contributed by atoms with E-state index in [2.05, 4.69) is 5.32 Å². The Kier molecular flexibility index (Phi) is 8.46. The van der Waals surface area contributed by atoms with Gasteiger partial charge in [-0.05, 0) is 67.3 Å². The Hall–Kier alpha value is -3.55. The number of benzene rings is 2. The van der Waals surface area contributed by atoms with Gasteiger partial charge in [0.2, 0.25) is 5.91 Å². The van der Waals surface area contributed by atoms with E-state index in [9.17, 15) is 19.5 Å². The van der Waals surface area contributed by atoms with Gasteiger partial charge in [-0.25, -0.2) is 9.59 Å². The van der Waals surface area contributed by atoms with Crippen molar-refractivity contribution in [2.75, 3.05) is 20.2 Å². The molecule has 36 heavy (non-hydrogen) atoms. The molecular formula is C28H34N2O6. The Morgan fingerprint density at radius 3 is 2.22 bits per heavy atom. The zero-order valence-electron chi connectivity index (χ0n) is 20.7. The fraction of sp³-hybridized carbons (Fsp3) is 0.464. The molecule has 1 aliphatic carbocycles. The summed E-state index contributed by atoms with van der Waals surface area (Å²) >= 11 is 0. The van der Waals surface area contributed by atoms with Crippen LogP contribution in [0.4, 0.5) is 4.79 Å². The number of nitrogens with zero attached hydrogens (tertiary/aromatic N) is 1. The summed E-state index contributed by atoms with van der Waals surface area (Å²) in [7, 11) is 1.62. The molecule has 1 saturated heterocycles. The summed E-state index contributed by atoms with van der Waals surface area (Å²) in [5.41, 5.74) is 2.84. The van der Waals surface area contributed by atoms with Crippen LogP contribution < -0.4 is 10.1 Å². The molecule has 192 valence electrons. The van der Waals surface area contributed by atoms with E-state index in [4.69, 9.17) is 9.47 Å². The normalized spacial score (nSPS) is 18.9. The zero-order valence-corrected chi connectivity index (χ0v) is 20.7. The van der Waals surface area contributed by atoms with E-state index in [0.717, 1.165) is 48.1 Å². The van der Waals surface area contributed by atoms with Gasteiger partial charge in [0.1, 0.15) is 17.9 Å². The van der Waals surface area contributed by atoms with Crippen molar-refractivity contribution in [1.29, 1.82) is 0 Å². The molecule has 1 unspecified atom stereocenters. The number of methoxy groups -OCH3 is 1. The zero-order chi connectivity index (χ0) is 25.5. The highest BCUT2D eigenvalue weighted by Gasteiger charge is 2.32. The molecule has 2 fully saturated rings. The molecule has 2 N–H and O–H groups in total. The SMILES string of the molecule is COc1ccc(-c2ccc(C[C@H](NC(=O)C3CCCN(C(=O)OC4CCCC4)C3)C(=O)O)cc2)cc1. The van der Waals surface area contributed by atoms with Crippen molar-refractivity contribution in [3.63, 3.8) is 0 Å². The molecule has 2 atom stereocenters. The predicted octanol–water partition coefficient (Wildman–Crippen LogP) is 4.27. The monoisotopic (exact) mass is 494 g/mol. The van der Waals surface area contributed by atoms with Crippen LogP contribution in [0.2, 0.25) is 0 Å². The predicted molar refractivity (Wildman–Crippen MR) is 135 cm³/mol. The first kappa shape index (κ1) is 25.5. The number of rotatable bonds is 8. The molecule has 2 aliphatic rings. The van der Waals surface area contributed by atoms with E-state index < -0.39 is 17.9 Å². The van der Waals surface area contributed by atoms with Gasteiger partial charge in [-0.3, -0.25) is 4.79 Å². The number of hydrogen-bond acceptors (Lipinski definition) is 5. The second-order valence-corrected chi connectivity index (χ2v) is 9.60. The number of carboxylic acids is 1. The summed E-state index contributed by atoms with van der Waals surface area (Å²) in [5.74, 6) is -1.09. The molecule has 0 bridgehead atoms. The van der Waals surface area contributed by atoms with Crippen LogP contribution in [0.5, 0.6) is 5.75 Å². The van der Waals surface area contributed by atoms with Gasteiger partial charge in [-0.1, -0.05) is 36.4 Å². The largest absolute Gasteiger partial charge is 0.497 e. The minimum Gasteiger partial charge on any atom is -0.497 e. The number of amides is 2. The van der Waals surface area contributed by atoms with E-state index >= 15 is 0 Å². The molecule has 1 heterocycles. The maximum absolute atomic E-state index is 12.9. The van der Waals surface area contributed by atoms with Gasteiger partial charge >= 0.3 is 12.1 Å². The molecule has 0 radical (unpaired) electrons. The highest BCUT2D eigenvalue weighted by molar-refractivity contribution is 5.85. The van der Waals surface area contributed by atoms with Crippen LogP contribution in [0.25, 0.3) is 11.1 Å². The summed E-state index contributed by atoms with van der Waals surface area (Å²) in [6, 6.07) is 14.3. The number of carboxylic acid groups (broad SMARTS) is 1. The Morgan fingerprint density at radius 1 is 0.972 bits per heavy atom. The summed E-state index contributed by atoms with van der Waals surface area (Å²) in [6.45, 7) is 0.804. The lowest BCUT2D eigenvalue weighted by atomic mass is 9.96. The van der Waals surface area contributed by atoms with Gasteiger partial charge in [0.25, 0.3) is 0 Å². The van der Waals surface area contributed by atoms with Crippen LogP contribution in [0.3, 0.4) is 0 Å². The van der Waals surface area contributed by atoms with Crippen LogP contribution in [0, 0.1) is 5.92 Å². The Bertz CT molecular complexity index is 1050. The first-order valence-corrected chi connectivity index (χ1v) is 12.6. The first-order chi connectivity index (χ1) is 17.4. The summed E-state index contributed by atoms with van der Waals surface area (Å²) in [4.78, 5) is 39.0. The molecule has 0 spiro atoms. The van der Waals surface area contributed by atoms with Crippen molar-refractivity contribution in [1.82, 2.24) is 10.2 Å². The Balaban J connectivity index is 1.33. The molecule has 8 nitrogen and oxygen atoms in total. The molecule has 4 rings (SSSR count). The van der Waals surface area contributed by atoms with Crippen molar-refractivity contribution in [3.05, 3.63) is 54.1 Å². The van der Waals surface area contributed by atoms with Gasteiger partial charge in [0, 0.05) is 19.5 Å². The molecule has 8 heteroatoms. The first-order valence-electron chi connectivity index (χ1n) is 12.6. The number of aliphatic carboxylic acids is 1. The molecule has 2 amide bonds.